The van der Waals surface area contributed by atoms with E-state index in [2.05, 4.69) is 4.98 Å². The van der Waals surface area contributed by atoms with Crippen LogP contribution in [-0.4, -0.2) is 26.9 Å². The summed E-state index contributed by atoms with van der Waals surface area (Å²) in [5, 5.41) is 0. The normalized spacial score (nSPS) is 13.6. The van der Waals surface area contributed by atoms with Crippen LogP contribution in [0.5, 0.6) is 0 Å². The van der Waals surface area contributed by atoms with Gasteiger partial charge >= 0.3 is 0 Å². The van der Waals surface area contributed by atoms with Crippen LogP contribution in [-0.2, 0) is 13.0 Å². The minimum atomic E-state index is -0.0470. The van der Waals surface area contributed by atoms with Crippen molar-refractivity contribution in [1.82, 2.24) is 14.5 Å². The Morgan fingerprint density at radius 2 is 1.92 bits per heavy atom. The second-order valence-electron chi connectivity index (χ2n) is 5.93. The highest BCUT2D eigenvalue weighted by molar-refractivity contribution is 5.94. The minimum Gasteiger partial charge on any atom is -0.334 e. The number of hydrogen-bond donors (Lipinski definition) is 1. The number of fused-ring (bicyclic) bond motifs is 1. The number of benzene rings is 1. The monoisotopic (exact) mass is 319 g/mol. The van der Waals surface area contributed by atoms with E-state index >= 15 is 0 Å². The van der Waals surface area contributed by atoms with Gasteiger partial charge in [0.05, 0.1) is 0 Å². The van der Waals surface area contributed by atoms with Gasteiger partial charge in [0.2, 0.25) is 0 Å². The van der Waals surface area contributed by atoms with Gasteiger partial charge in [-0.1, -0.05) is 6.07 Å². The van der Waals surface area contributed by atoms with E-state index in [0.717, 1.165) is 16.8 Å². The maximum Gasteiger partial charge on any atom is 0.254 e. The summed E-state index contributed by atoms with van der Waals surface area (Å²) in [6.45, 7) is 1.04. The average Bonchev–Trinajstić information content (AvgIpc) is 3.16. The minimum absolute atomic E-state index is 0.00469. The fraction of sp³-hybridized carbons (Fsp3) is 0.158. The topological polar surface area (TPSA) is 58.1 Å². The van der Waals surface area contributed by atoms with Crippen molar-refractivity contribution in [2.24, 2.45) is 0 Å². The van der Waals surface area contributed by atoms with Gasteiger partial charge in [0.25, 0.3) is 11.5 Å². The number of carbonyl (C=O) groups is 1. The Balaban J connectivity index is 1.61. The lowest BCUT2D eigenvalue weighted by atomic mass is 10.0. The van der Waals surface area contributed by atoms with Crippen LogP contribution in [0.1, 0.15) is 21.5 Å². The summed E-state index contributed by atoms with van der Waals surface area (Å²) in [5.41, 5.74) is 3.30. The van der Waals surface area contributed by atoms with Crippen molar-refractivity contribution in [3.63, 3.8) is 0 Å². The lowest BCUT2D eigenvalue weighted by molar-refractivity contribution is 0.0734. The fourth-order valence-electron chi connectivity index (χ4n) is 3.17. The zero-order valence-electron chi connectivity index (χ0n) is 13.1. The van der Waals surface area contributed by atoms with Crippen molar-refractivity contribution in [2.75, 3.05) is 6.54 Å². The number of nitrogens with one attached hydrogen (secondary N) is 1. The Morgan fingerprint density at radius 1 is 1.08 bits per heavy atom. The third-order valence-corrected chi connectivity index (χ3v) is 4.44. The number of aromatic nitrogens is 2. The highest BCUT2D eigenvalue weighted by Crippen LogP contribution is 2.19. The van der Waals surface area contributed by atoms with Crippen LogP contribution in [0.25, 0.3) is 5.69 Å². The van der Waals surface area contributed by atoms with Crippen LogP contribution in [0, 0.1) is 0 Å². The van der Waals surface area contributed by atoms with E-state index in [1.165, 1.54) is 0 Å². The first-order valence-electron chi connectivity index (χ1n) is 7.94. The molecule has 1 aromatic carbocycles. The molecule has 0 fully saturated rings. The van der Waals surface area contributed by atoms with Gasteiger partial charge < -0.3 is 14.5 Å². The number of nitrogens with zero attached hydrogens (tertiary/aromatic N) is 2. The molecular weight excluding hydrogens is 302 g/mol. The van der Waals surface area contributed by atoms with Crippen molar-refractivity contribution < 1.29 is 4.79 Å². The molecule has 0 radical (unpaired) electrons. The number of pyridine rings is 1. The van der Waals surface area contributed by atoms with E-state index in [-0.39, 0.29) is 11.5 Å². The first-order valence-corrected chi connectivity index (χ1v) is 7.94. The summed E-state index contributed by atoms with van der Waals surface area (Å²) in [6, 6.07) is 13.4. The first-order chi connectivity index (χ1) is 11.7. The molecule has 0 bridgehead atoms. The van der Waals surface area contributed by atoms with Crippen LogP contribution in [0.2, 0.25) is 0 Å². The van der Waals surface area contributed by atoms with E-state index in [0.29, 0.717) is 25.1 Å². The van der Waals surface area contributed by atoms with Gasteiger partial charge in [-0.3, -0.25) is 9.59 Å². The first kappa shape index (κ1) is 14.5. The van der Waals surface area contributed by atoms with Crippen molar-refractivity contribution in [2.45, 2.75) is 13.0 Å². The fourth-order valence-corrected chi connectivity index (χ4v) is 3.17. The van der Waals surface area contributed by atoms with E-state index in [9.17, 15) is 9.59 Å². The van der Waals surface area contributed by atoms with Crippen LogP contribution in [0.15, 0.2) is 65.8 Å². The maximum absolute atomic E-state index is 12.8. The Morgan fingerprint density at radius 3 is 2.75 bits per heavy atom. The summed E-state index contributed by atoms with van der Waals surface area (Å²) in [5.74, 6) is -0.00469. The summed E-state index contributed by atoms with van der Waals surface area (Å²) >= 11 is 0. The van der Waals surface area contributed by atoms with Gasteiger partial charge in [-0.05, 0) is 48.4 Å². The molecule has 1 amide bonds. The van der Waals surface area contributed by atoms with E-state index in [4.69, 9.17) is 0 Å². The summed E-state index contributed by atoms with van der Waals surface area (Å²) in [6.07, 6.45) is 6.14. The molecule has 0 saturated heterocycles. The summed E-state index contributed by atoms with van der Waals surface area (Å²) < 4.78 is 1.97. The molecule has 0 aliphatic carbocycles. The van der Waals surface area contributed by atoms with E-state index < -0.39 is 0 Å². The zero-order chi connectivity index (χ0) is 16.5. The van der Waals surface area contributed by atoms with Crippen molar-refractivity contribution in [3.05, 3.63) is 88.1 Å². The third-order valence-electron chi connectivity index (χ3n) is 4.44. The second-order valence-corrected chi connectivity index (χ2v) is 5.93. The highest BCUT2D eigenvalue weighted by Gasteiger charge is 2.23. The lowest BCUT2D eigenvalue weighted by Crippen LogP contribution is -2.38. The zero-order valence-corrected chi connectivity index (χ0v) is 13.1. The van der Waals surface area contributed by atoms with Gasteiger partial charge in [0.1, 0.15) is 0 Å². The molecule has 1 aliphatic rings. The standard InChI is InChI=1S/C19H17N3O2/c23-18-17-7-11-22(13-15(17)6-8-20-18)19(24)14-4-3-5-16(12-14)21-9-1-2-10-21/h1-6,8-10,12H,7,11,13H2,(H,20,23). The van der Waals surface area contributed by atoms with Gasteiger partial charge in [-0.15, -0.1) is 0 Å². The average molecular weight is 319 g/mol. The smallest absolute Gasteiger partial charge is 0.254 e. The van der Waals surface area contributed by atoms with Gasteiger partial charge in [0, 0.05) is 48.5 Å². The predicted octanol–water partition coefficient (Wildman–Crippen LogP) is 2.36. The molecule has 3 aromatic rings. The molecule has 3 heterocycles. The second kappa shape index (κ2) is 5.85. The Bertz CT molecular complexity index is 941. The molecule has 24 heavy (non-hydrogen) atoms. The molecule has 0 atom stereocenters. The molecule has 4 rings (SSSR count). The van der Waals surface area contributed by atoms with Gasteiger partial charge in [0.15, 0.2) is 0 Å². The quantitative estimate of drug-likeness (QED) is 0.788. The molecule has 1 N–H and O–H groups in total. The third kappa shape index (κ3) is 2.54. The van der Waals surface area contributed by atoms with Crippen LogP contribution >= 0.6 is 0 Å². The lowest BCUT2D eigenvalue weighted by Gasteiger charge is -2.28. The van der Waals surface area contributed by atoms with Crippen LogP contribution in [0.3, 0.4) is 0 Å². The largest absolute Gasteiger partial charge is 0.334 e. The predicted molar refractivity (Wildman–Crippen MR) is 91.3 cm³/mol. The number of hydrogen-bond acceptors (Lipinski definition) is 2. The molecular formula is C19H17N3O2. The van der Waals surface area contributed by atoms with Crippen molar-refractivity contribution in [3.8, 4) is 5.69 Å². The van der Waals surface area contributed by atoms with Gasteiger partial charge in [-0.2, -0.15) is 0 Å². The Labute approximate surface area is 139 Å². The summed E-state index contributed by atoms with van der Waals surface area (Å²) in [7, 11) is 0. The van der Waals surface area contributed by atoms with E-state index in [1.54, 1.807) is 11.1 Å². The molecule has 120 valence electrons. The van der Waals surface area contributed by atoms with Crippen LogP contribution in [0.4, 0.5) is 0 Å². The SMILES string of the molecule is O=C(c1cccc(-n2cccc2)c1)N1CCc2c(cc[nH]c2=O)C1. The van der Waals surface area contributed by atoms with E-state index in [1.807, 2.05) is 59.4 Å². The Kier molecular flexibility index (Phi) is 3.54. The molecule has 0 unspecified atom stereocenters. The molecule has 0 saturated carbocycles. The number of carbonyl (C=O) groups excluding carboxylic acids is 1. The molecule has 5 heteroatoms. The van der Waals surface area contributed by atoms with Crippen molar-refractivity contribution >= 4 is 5.91 Å². The summed E-state index contributed by atoms with van der Waals surface area (Å²) in [4.78, 5) is 29.2. The molecule has 5 nitrogen and oxygen atoms in total. The maximum atomic E-state index is 12.8. The number of rotatable bonds is 2. The highest BCUT2D eigenvalue weighted by atomic mass is 16.2. The van der Waals surface area contributed by atoms with Crippen LogP contribution < -0.4 is 5.56 Å². The molecule has 0 spiro atoms. The number of aromatic amines is 1. The van der Waals surface area contributed by atoms with Gasteiger partial charge in [-0.25, -0.2) is 0 Å². The van der Waals surface area contributed by atoms with Crippen molar-refractivity contribution in [1.29, 1.82) is 0 Å². The molecule has 1 aliphatic heterocycles. The Hall–Kier alpha value is -3.08. The molecule has 2 aromatic heterocycles. The number of H-pyrrole nitrogens is 1. The number of amides is 1.